The first kappa shape index (κ1) is 23.4. The number of aliphatic imine (C=N–C) groups is 1. The average Bonchev–Trinajstić information content (AvgIpc) is 2.76. The van der Waals surface area contributed by atoms with E-state index in [1.54, 1.807) is 0 Å². The van der Waals surface area contributed by atoms with Crippen molar-refractivity contribution in [1.29, 1.82) is 0 Å². The average molecular weight is 402 g/mol. The molecule has 0 aliphatic heterocycles. The third-order valence-electron chi connectivity index (χ3n) is 5.27. The lowest BCUT2D eigenvalue weighted by atomic mass is 9.94. The van der Waals surface area contributed by atoms with Gasteiger partial charge < -0.3 is 11.1 Å². The first-order valence-electron chi connectivity index (χ1n) is 11.0. The summed E-state index contributed by atoms with van der Waals surface area (Å²) in [4.78, 5) is 4.61. The predicted molar refractivity (Wildman–Crippen MR) is 133 cm³/mol. The van der Waals surface area contributed by atoms with Crippen molar-refractivity contribution in [3.8, 4) is 12.3 Å². The van der Waals surface area contributed by atoms with Gasteiger partial charge in [0.15, 0.2) is 0 Å². The zero-order chi connectivity index (χ0) is 21.8. The summed E-state index contributed by atoms with van der Waals surface area (Å²) in [5.41, 5.74) is 12.9. The largest absolute Gasteiger partial charge is 0.355 e. The number of benzene rings is 2. The minimum absolute atomic E-state index is 0.794. The van der Waals surface area contributed by atoms with Crippen LogP contribution in [0.1, 0.15) is 68.2 Å². The summed E-state index contributed by atoms with van der Waals surface area (Å²) < 4.78 is 0. The summed E-state index contributed by atoms with van der Waals surface area (Å²) in [5, 5.41) is 3.41. The lowest BCUT2D eigenvalue weighted by Crippen LogP contribution is -2.02. The molecule has 0 aliphatic carbocycles. The van der Waals surface area contributed by atoms with Crippen molar-refractivity contribution >= 4 is 23.3 Å². The molecule has 0 aliphatic rings. The number of nitrogens with two attached hydrogens (primary N) is 1. The van der Waals surface area contributed by atoms with Crippen LogP contribution >= 0.6 is 0 Å². The van der Waals surface area contributed by atoms with Gasteiger partial charge >= 0.3 is 0 Å². The predicted octanol–water partition coefficient (Wildman–Crippen LogP) is 6.49. The van der Waals surface area contributed by atoms with Gasteiger partial charge in [-0.25, -0.2) is 0 Å². The Morgan fingerprint density at radius 3 is 2.60 bits per heavy atom. The van der Waals surface area contributed by atoms with Crippen molar-refractivity contribution in [1.82, 2.24) is 0 Å². The van der Waals surface area contributed by atoms with Gasteiger partial charge in [-0.3, -0.25) is 4.99 Å². The fourth-order valence-corrected chi connectivity index (χ4v) is 3.64. The number of terminal acetylenes is 1. The molecule has 0 bridgehead atoms. The molecule has 0 saturated carbocycles. The van der Waals surface area contributed by atoms with E-state index in [4.69, 9.17) is 12.2 Å². The SMILES string of the molecule is C#Cc1cccc(NC(=C)c2cc(CCCCCCCN)c(CC)cc2N=CC)c1. The molecule has 0 aromatic heterocycles. The van der Waals surface area contributed by atoms with Crippen molar-refractivity contribution in [2.24, 2.45) is 10.7 Å². The van der Waals surface area contributed by atoms with E-state index in [9.17, 15) is 0 Å². The molecule has 0 spiro atoms. The van der Waals surface area contributed by atoms with Crippen LogP contribution in [0, 0.1) is 12.3 Å². The van der Waals surface area contributed by atoms with Gasteiger partial charge in [0.2, 0.25) is 0 Å². The van der Waals surface area contributed by atoms with E-state index < -0.39 is 0 Å². The molecule has 30 heavy (non-hydrogen) atoms. The minimum atomic E-state index is 0.794. The molecule has 158 valence electrons. The molecular weight excluding hydrogens is 366 g/mol. The van der Waals surface area contributed by atoms with E-state index in [0.29, 0.717) is 0 Å². The number of anilines is 1. The van der Waals surface area contributed by atoms with Crippen LogP contribution in [-0.2, 0) is 12.8 Å². The molecule has 3 N–H and O–H groups in total. The highest BCUT2D eigenvalue weighted by Gasteiger charge is 2.12. The molecule has 2 aromatic carbocycles. The Kier molecular flexibility index (Phi) is 9.91. The minimum Gasteiger partial charge on any atom is -0.355 e. The van der Waals surface area contributed by atoms with E-state index in [-0.39, 0.29) is 0 Å². The van der Waals surface area contributed by atoms with Gasteiger partial charge in [0.05, 0.1) is 5.69 Å². The molecule has 3 heteroatoms. The summed E-state index contributed by atoms with van der Waals surface area (Å²) in [6.07, 6.45) is 15.5. The maximum atomic E-state index is 5.59. The number of hydrogen-bond acceptors (Lipinski definition) is 3. The topological polar surface area (TPSA) is 50.4 Å². The Morgan fingerprint density at radius 1 is 1.13 bits per heavy atom. The van der Waals surface area contributed by atoms with Crippen molar-refractivity contribution in [3.63, 3.8) is 0 Å². The van der Waals surface area contributed by atoms with Crippen LogP contribution in [0.25, 0.3) is 5.70 Å². The molecule has 0 atom stereocenters. The highest BCUT2D eigenvalue weighted by molar-refractivity contribution is 5.83. The maximum absolute atomic E-state index is 5.59. The Bertz CT molecular complexity index is 903. The quantitative estimate of drug-likeness (QED) is 0.243. The summed E-state index contributed by atoms with van der Waals surface area (Å²) in [5.74, 6) is 2.68. The molecule has 0 radical (unpaired) electrons. The Morgan fingerprint density at radius 2 is 1.90 bits per heavy atom. The number of nitrogens with zero attached hydrogens (tertiary/aromatic N) is 1. The highest BCUT2D eigenvalue weighted by atomic mass is 14.9. The molecule has 0 unspecified atom stereocenters. The Labute approximate surface area is 182 Å². The molecule has 3 nitrogen and oxygen atoms in total. The lowest BCUT2D eigenvalue weighted by molar-refractivity contribution is 0.617. The number of hydrogen-bond donors (Lipinski definition) is 2. The van der Waals surface area contributed by atoms with Gasteiger partial charge in [0.1, 0.15) is 0 Å². The number of unbranched alkanes of at least 4 members (excludes halogenated alkanes) is 4. The monoisotopic (exact) mass is 401 g/mol. The summed E-state index contributed by atoms with van der Waals surface area (Å²) in [6, 6.07) is 12.3. The molecule has 0 amide bonds. The second-order valence-electron chi connectivity index (χ2n) is 7.51. The van der Waals surface area contributed by atoms with Gasteiger partial charge in [-0.05, 0) is 80.6 Å². The molecule has 2 rings (SSSR count). The van der Waals surface area contributed by atoms with Crippen molar-refractivity contribution in [3.05, 3.63) is 65.2 Å². The Hall–Kier alpha value is -2.83. The third kappa shape index (κ3) is 6.90. The van der Waals surface area contributed by atoms with Gasteiger partial charge in [-0.1, -0.05) is 44.8 Å². The number of aryl methyl sites for hydroxylation is 2. The van der Waals surface area contributed by atoms with E-state index in [2.05, 4.69) is 41.9 Å². The summed E-state index contributed by atoms with van der Waals surface area (Å²) in [7, 11) is 0. The van der Waals surface area contributed by atoms with E-state index >= 15 is 0 Å². The van der Waals surface area contributed by atoms with Crippen molar-refractivity contribution in [2.75, 3.05) is 11.9 Å². The molecule has 0 heterocycles. The highest BCUT2D eigenvalue weighted by Crippen LogP contribution is 2.31. The van der Waals surface area contributed by atoms with E-state index in [0.717, 1.165) is 54.0 Å². The standard InChI is InChI=1S/C27H35N3/c1-5-22-14-13-16-25(18-22)30-21(4)26-19-24(15-11-9-8-10-12-17-28)23(6-2)20-27(26)29-7-3/h1,7,13-14,16,18-20,30H,4,6,8-12,15,17,28H2,2-3H3. The van der Waals surface area contributed by atoms with Gasteiger partial charge in [-0.2, -0.15) is 0 Å². The zero-order valence-electron chi connectivity index (χ0n) is 18.5. The van der Waals surface area contributed by atoms with Crippen LogP contribution in [0.5, 0.6) is 0 Å². The second-order valence-corrected chi connectivity index (χ2v) is 7.51. The number of rotatable bonds is 12. The first-order chi connectivity index (χ1) is 14.6. The maximum Gasteiger partial charge on any atom is 0.0721 e. The van der Waals surface area contributed by atoms with Gasteiger partial charge in [-0.15, -0.1) is 6.42 Å². The van der Waals surface area contributed by atoms with E-state index in [1.165, 1.54) is 36.8 Å². The summed E-state index contributed by atoms with van der Waals surface area (Å²) >= 11 is 0. The van der Waals surface area contributed by atoms with Crippen LogP contribution in [0.15, 0.2) is 48.0 Å². The summed E-state index contributed by atoms with van der Waals surface area (Å²) in [6.45, 7) is 9.24. The van der Waals surface area contributed by atoms with Crippen LogP contribution in [0.3, 0.4) is 0 Å². The van der Waals surface area contributed by atoms with Crippen LogP contribution in [0.4, 0.5) is 11.4 Å². The fourth-order valence-electron chi connectivity index (χ4n) is 3.64. The molecule has 0 fully saturated rings. The van der Waals surface area contributed by atoms with Gasteiger partial charge in [0, 0.05) is 28.7 Å². The van der Waals surface area contributed by atoms with Crippen molar-refractivity contribution < 1.29 is 0 Å². The van der Waals surface area contributed by atoms with Gasteiger partial charge in [0.25, 0.3) is 0 Å². The smallest absolute Gasteiger partial charge is 0.0721 e. The zero-order valence-corrected chi connectivity index (χ0v) is 18.5. The lowest BCUT2D eigenvalue weighted by Gasteiger charge is -2.17. The normalized spacial score (nSPS) is 10.9. The molecule has 2 aromatic rings. The van der Waals surface area contributed by atoms with Crippen LogP contribution in [-0.4, -0.2) is 12.8 Å². The first-order valence-corrected chi connectivity index (χ1v) is 11.0. The molecule has 0 saturated heterocycles. The van der Waals surface area contributed by atoms with Crippen molar-refractivity contribution in [2.45, 2.75) is 58.8 Å². The molecular formula is C27H35N3. The van der Waals surface area contributed by atoms with Crippen LogP contribution < -0.4 is 11.1 Å². The van der Waals surface area contributed by atoms with Crippen LogP contribution in [0.2, 0.25) is 0 Å². The third-order valence-corrected chi connectivity index (χ3v) is 5.27. The number of nitrogens with one attached hydrogen (secondary N) is 1. The second kappa shape index (κ2) is 12.7. The van der Waals surface area contributed by atoms with E-state index in [1.807, 2.05) is 37.4 Å². The Balaban J connectivity index is 2.22. The fraction of sp³-hybridized carbons (Fsp3) is 0.370.